The van der Waals surface area contributed by atoms with Gasteiger partial charge in [0.15, 0.2) is 0 Å². The molecule has 0 aliphatic heterocycles. The van der Waals surface area contributed by atoms with Crippen molar-refractivity contribution in [3.8, 4) is 5.69 Å². The minimum absolute atomic E-state index is 0.287. The van der Waals surface area contributed by atoms with Crippen LogP contribution in [0.3, 0.4) is 0 Å². The first kappa shape index (κ1) is 17.4. The van der Waals surface area contributed by atoms with E-state index in [0.29, 0.717) is 17.5 Å². The Kier molecular flexibility index (Phi) is 5.62. The smallest absolute Gasteiger partial charge is 0.214 e. The number of halogens is 1. The van der Waals surface area contributed by atoms with E-state index in [1.165, 1.54) is 23.9 Å². The van der Waals surface area contributed by atoms with Crippen LogP contribution in [-0.2, 0) is 0 Å². The molecule has 0 aliphatic carbocycles. The summed E-state index contributed by atoms with van der Waals surface area (Å²) < 4.78 is 14.5. The zero-order valence-corrected chi connectivity index (χ0v) is 14.4. The quantitative estimate of drug-likeness (QED) is 0.632. The Labute approximate surface area is 149 Å². The number of aliphatic hydroxyl groups excluding tert-OH is 1. The first-order valence-corrected chi connectivity index (χ1v) is 8.76. The van der Waals surface area contributed by atoms with Gasteiger partial charge in [-0.25, -0.2) is 4.39 Å². The van der Waals surface area contributed by atoms with Crippen LogP contribution in [0.25, 0.3) is 5.69 Å². The van der Waals surface area contributed by atoms with E-state index in [4.69, 9.17) is 0 Å². The maximum atomic E-state index is 12.9. The van der Waals surface area contributed by atoms with Crippen LogP contribution in [0.4, 0.5) is 10.1 Å². The van der Waals surface area contributed by atoms with Gasteiger partial charge in [-0.15, -0.1) is 5.10 Å². The molecule has 130 valence electrons. The number of anilines is 1. The fourth-order valence-corrected chi connectivity index (χ4v) is 3.04. The van der Waals surface area contributed by atoms with E-state index >= 15 is 0 Å². The average molecular weight is 359 g/mol. The molecule has 0 saturated carbocycles. The fourth-order valence-electron chi connectivity index (χ4n) is 2.22. The van der Waals surface area contributed by atoms with E-state index in [1.807, 2.05) is 31.2 Å². The molecule has 1 unspecified atom stereocenters. The van der Waals surface area contributed by atoms with Crippen molar-refractivity contribution in [1.82, 2.24) is 20.2 Å². The van der Waals surface area contributed by atoms with E-state index in [9.17, 15) is 9.50 Å². The maximum absolute atomic E-state index is 12.9. The molecule has 0 fully saturated rings. The summed E-state index contributed by atoms with van der Waals surface area (Å²) >= 11 is 1.38. The van der Waals surface area contributed by atoms with Gasteiger partial charge in [-0.05, 0) is 59.3 Å². The fraction of sp³-hybridized carbons (Fsp3) is 0.235. The van der Waals surface area contributed by atoms with Gasteiger partial charge in [0, 0.05) is 18.0 Å². The predicted octanol–water partition coefficient (Wildman–Crippen LogP) is 2.67. The first-order valence-electron chi connectivity index (χ1n) is 7.77. The molecular weight excluding hydrogens is 341 g/mol. The Morgan fingerprint density at radius 2 is 2.04 bits per heavy atom. The third kappa shape index (κ3) is 4.77. The standard InChI is InChI=1S/C17H18FN5OS/c1-12-3-2-4-15(9-12)23-17(20-21-22-23)25-11-16(24)10-19-14-7-5-13(18)6-8-14/h2-9,16,19,24H,10-11H2,1H3. The highest BCUT2D eigenvalue weighted by Gasteiger charge is 2.12. The number of nitrogens with zero attached hydrogens (tertiary/aromatic N) is 4. The highest BCUT2D eigenvalue weighted by Crippen LogP contribution is 2.19. The lowest BCUT2D eigenvalue weighted by Crippen LogP contribution is -2.22. The lowest BCUT2D eigenvalue weighted by Gasteiger charge is -2.12. The van der Waals surface area contributed by atoms with E-state index in [-0.39, 0.29) is 5.82 Å². The number of thioether (sulfide) groups is 1. The number of hydrogen-bond acceptors (Lipinski definition) is 6. The lowest BCUT2D eigenvalue weighted by atomic mass is 10.2. The van der Waals surface area contributed by atoms with Gasteiger partial charge in [0.1, 0.15) is 5.82 Å². The number of benzene rings is 2. The molecule has 0 amide bonds. The van der Waals surface area contributed by atoms with Crippen molar-refractivity contribution in [2.75, 3.05) is 17.6 Å². The van der Waals surface area contributed by atoms with Crippen LogP contribution in [0.5, 0.6) is 0 Å². The van der Waals surface area contributed by atoms with Crippen LogP contribution < -0.4 is 5.32 Å². The largest absolute Gasteiger partial charge is 0.390 e. The minimum Gasteiger partial charge on any atom is -0.390 e. The molecule has 1 heterocycles. The van der Waals surface area contributed by atoms with Crippen molar-refractivity contribution in [2.45, 2.75) is 18.2 Å². The predicted molar refractivity (Wildman–Crippen MR) is 95.5 cm³/mol. The number of rotatable bonds is 7. The highest BCUT2D eigenvalue weighted by atomic mass is 32.2. The number of aliphatic hydroxyl groups is 1. The van der Waals surface area contributed by atoms with Crippen LogP contribution in [0.1, 0.15) is 5.56 Å². The van der Waals surface area contributed by atoms with Crippen molar-refractivity contribution >= 4 is 17.4 Å². The minimum atomic E-state index is -0.599. The summed E-state index contributed by atoms with van der Waals surface area (Å²) in [7, 11) is 0. The molecule has 8 heteroatoms. The molecule has 1 aromatic heterocycles. The van der Waals surface area contributed by atoms with E-state index in [1.54, 1.807) is 16.8 Å². The summed E-state index contributed by atoms with van der Waals surface area (Å²) in [6.45, 7) is 2.36. The van der Waals surface area contributed by atoms with Crippen molar-refractivity contribution in [2.24, 2.45) is 0 Å². The zero-order chi connectivity index (χ0) is 17.6. The topological polar surface area (TPSA) is 75.9 Å². The van der Waals surface area contributed by atoms with Gasteiger partial charge >= 0.3 is 0 Å². The number of tetrazole rings is 1. The Morgan fingerprint density at radius 1 is 1.24 bits per heavy atom. The molecule has 0 bridgehead atoms. The van der Waals surface area contributed by atoms with E-state index < -0.39 is 6.10 Å². The second-order valence-electron chi connectivity index (χ2n) is 5.56. The third-order valence-electron chi connectivity index (χ3n) is 3.48. The van der Waals surface area contributed by atoms with E-state index in [0.717, 1.165) is 16.9 Å². The van der Waals surface area contributed by atoms with Crippen molar-refractivity contribution in [3.63, 3.8) is 0 Å². The van der Waals surface area contributed by atoms with Crippen molar-refractivity contribution in [1.29, 1.82) is 0 Å². The third-order valence-corrected chi connectivity index (χ3v) is 4.54. The zero-order valence-electron chi connectivity index (χ0n) is 13.6. The SMILES string of the molecule is Cc1cccc(-n2nnnc2SCC(O)CNc2ccc(F)cc2)c1. The van der Waals surface area contributed by atoms with Gasteiger partial charge in [0.05, 0.1) is 11.8 Å². The molecule has 6 nitrogen and oxygen atoms in total. The van der Waals surface area contributed by atoms with Crippen LogP contribution in [0.15, 0.2) is 53.7 Å². The molecule has 2 aromatic carbocycles. The molecule has 0 spiro atoms. The Morgan fingerprint density at radius 3 is 2.80 bits per heavy atom. The molecule has 25 heavy (non-hydrogen) atoms. The number of hydrogen-bond donors (Lipinski definition) is 2. The van der Waals surface area contributed by atoms with Gasteiger partial charge in [0.2, 0.25) is 5.16 Å². The summed E-state index contributed by atoms with van der Waals surface area (Å²) in [5.74, 6) is 0.144. The summed E-state index contributed by atoms with van der Waals surface area (Å²) in [6.07, 6.45) is -0.599. The molecular formula is C17H18FN5OS. The molecule has 1 atom stereocenters. The second kappa shape index (κ2) is 8.09. The maximum Gasteiger partial charge on any atom is 0.214 e. The summed E-state index contributed by atoms with van der Waals surface area (Å²) in [5, 5.41) is 25.6. The van der Waals surface area contributed by atoms with Crippen LogP contribution in [0, 0.1) is 12.7 Å². The van der Waals surface area contributed by atoms with Gasteiger partial charge in [-0.2, -0.15) is 4.68 Å². The molecule has 3 aromatic rings. The molecule has 2 N–H and O–H groups in total. The molecule has 0 radical (unpaired) electrons. The Bertz CT molecular complexity index is 824. The highest BCUT2D eigenvalue weighted by molar-refractivity contribution is 7.99. The first-order chi connectivity index (χ1) is 12.1. The van der Waals surface area contributed by atoms with Crippen molar-refractivity contribution in [3.05, 3.63) is 59.9 Å². The Balaban J connectivity index is 1.55. The molecule has 0 saturated heterocycles. The van der Waals surface area contributed by atoms with Gasteiger partial charge < -0.3 is 10.4 Å². The monoisotopic (exact) mass is 359 g/mol. The van der Waals surface area contributed by atoms with Crippen LogP contribution in [-0.4, -0.2) is 43.7 Å². The Hall–Kier alpha value is -2.45. The summed E-state index contributed by atoms with van der Waals surface area (Å²) in [6, 6.07) is 13.9. The normalized spacial score (nSPS) is 12.1. The summed E-state index contributed by atoms with van der Waals surface area (Å²) in [5.41, 5.74) is 2.76. The lowest BCUT2D eigenvalue weighted by molar-refractivity contribution is 0.213. The van der Waals surface area contributed by atoms with Crippen LogP contribution in [0.2, 0.25) is 0 Å². The van der Waals surface area contributed by atoms with Gasteiger partial charge in [0.25, 0.3) is 0 Å². The van der Waals surface area contributed by atoms with Crippen LogP contribution >= 0.6 is 11.8 Å². The van der Waals surface area contributed by atoms with E-state index in [2.05, 4.69) is 20.8 Å². The number of aryl methyl sites for hydroxylation is 1. The second-order valence-corrected chi connectivity index (χ2v) is 6.55. The van der Waals surface area contributed by atoms with Gasteiger partial charge in [-0.1, -0.05) is 23.9 Å². The number of nitrogens with one attached hydrogen (secondary N) is 1. The van der Waals surface area contributed by atoms with Crippen molar-refractivity contribution < 1.29 is 9.50 Å². The van der Waals surface area contributed by atoms with Gasteiger partial charge in [-0.3, -0.25) is 0 Å². The summed E-state index contributed by atoms with van der Waals surface area (Å²) in [4.78, 5) is 0. The molecule has 3 rings (SSSR count). The number of aromatic nitrogens is 4. The average Bonchev–Trinajstić information content (AvgIpc) is 3.08. The molecule has 0 aliphatic rings.